The lowest BCUT2D eigenvalue weighted by Crippen LogP contribution is -2.39. The van der Waals surface area contributed by atoms with Crippen molar-refractivity contribution in [3.8, 4) is 5.69 Å². The fourth-order valence-corrected chi connectivity index (χ4v) is 3.28. The lowest BCUT2D eigenvalue weighted by atomic mass is 10.0. The Morgan fingerprint density at radius 2 is 1.96 bits per heavy atom. The number of nitrogens with zero attached hydrogens (tertiary/aromatic N) is 3. The third-order valence-electron chi connectivity index (χ3n) is 4.30. The van der Waals surface area contributed by atoms with Crippen molar-refractivity contribution >= 4 is 35.1 Å². The first-order valence-electron chi connectivity index (χ1n) is 8.34. The van der Waals surface area contributed by atoms with Crippen molar-refractivity contribution in [1.82, 2.24) is 14.7 Å². The number of alkyl halides is 2. The van der Waals surface area contributed by atoms with Gasteiger partial charge in [-0.05, 0) is 26.0 Å². The molecule has 2 heterocycles. The number of aryl methyl sites for hydroxylation is 1. The second-order valence-corrected chi connectivity index (χ2v) is 7.15. The Balaban J connectivity index is 2.04. The van der Waals surface area contributed by atoms with Crippen molar-refractivity contribution in [2.45, 2.75) is 31.6 Å². The topological polar surface area (TPSA) is 64.4 Å². The SMILES string of the molecule is CCOC(=O)c1nn(-c2ccc(C)cc2)c2c1CN(C(=O)C(Cl)Cl)CC2. The lowest BCUT2D eigenvalue weighted by Gasteiger charge is -2.28. The van der Waals surface area contributed by atoms with Crippen molar-refractivity contribution in [2.75, 3.05) is 13.2 Å². The Bertz CT molecular complexity index is 831. The van der Waals surface area contributed by atoms with Crippen LogP contribution in [0, 0.1) is 6.92 Å². The number of halogens is 2. The molecule has 2 aromatic rings. The molecule has 1 amide bonds. The van der Waals surface area contributed by atoms with E-state index in [1.54, 1.807) is 11.6 Å². The van der Waals surface area contributed by atoms with Crippen LogP contribution in [0.2, 0.25) is 0 Å². The summed E-state index contributed by atoms with van der Waals surface area (Å²) in [5.74, 6) is -0.880. The smallest absolute Gasteiger partial charge is 0.359 e. The van der Waals surface area contributed by atoms with Crippen LogP contribution in [-0.2, 0) is 22.5 Å². The minimum Gasteiger partial charge on any atom is -0.461 e. The monoisotopic (exact) mass is 395 g/mol. The van der Waals surface area contributed by atoms with E-state index < -0.39 is 10.8 Å². The van der Waals surface area contributed by atoms with Crippen LogP contribution in [0.3, 0.4) is 0 Å². The van der Waals surface area contributed by atoms with Gasteiger partial charge in [-0.2, -0.15) is 5.10 Å². The second kappa shape index (κ2) is 7.68. The number of esters is 1. The highest BCUT2D eigenvalue weighted by molar-refractivity contribution is 6.53. The second-order valence-electron chi connectivity index (χ2n) is 6.05. The van der Waals surface area contributed by atoms with Gasteiger partial charge in [0.2, 0.25) is 0 Å². The summed E-state index contributed by atoms with van der Waals surface area (Å²) in [7, 11) is 0. The molecule has 1 aliphatic rings. The van der Waals surface area contributed by atoms with Crippen molar-refractivity contribution in [3.05, 3.63) is 46.8 Å². The van der Waals surface area contributed by atoms with Crippen LogP contribution < -0.4 is 0 Å². The Morgan fingerprint density at radius 3 is 2.58 bits per heavy atom. The Hall–Kier alpha value is -2.05. The molecule has 0 spiro atoms. The van der Waals surface area contributed by atoms with Gasteiger partial charge in [0.05, 0.1) is 24.5 Å². The average Bonchev–Trinajstić information content (AvgIpc) is 3.00. The summed E-state index contributed by atoms with van der Waals surface area (Å²) in [5, 5.41) is 4.49. The standard InChI is InChI=1S/C18H19Cl2N3O3/c1-3-26-18(25)15-13-10-22(17(24)16(19)20)9-8-14(13)23(21-15)12-6-4-11(2)5-7-12/h4-7,16H,3,8-10H2,1-2H3. The molecule has 0 bridgehead atoms. The number of fused-ring (bicyclic) bond motifs is 1. The van der Waals surface area contributed by atoms with Crippen LogP contribution in [-0.4, -0.2) is 44.5 Å². The number of aromatic nitrogens is 2. The molecule has 26 heavy (non-hydrogen) atoms. The number of hydrogen-bond acceptors (Lipinski definition) is 4. The highest BCUT2D eigenvalue weighted by Gasteiger charge is 2.32. The molecule has 0 aliphatic carbocycles. The van der Waals surface area contributed by atoms with Gasteiger partial charge in [0, 0.05) is 18.5 Å². The van der Waals surface area contributed by atoms with Gasteiger partial charge in [0.15, 0.2) is 10.5 Å². The molecular formula is C18H19Cl2N3O3. The van der Waals surface area contributed by atoms with Gasteiger partial charge < -0.3 is 9.64 Å². The fraction of sp³-hybridized carbons (Fsp3) is 0.389. The molecule has 0 atom stereocenters. The zero-order valence-corrected chi connectivity index (χ0v) is 16.0. The molecule has 138 valence electrons. The van der Waals surface area contributed by atoms with E-state index in [-0.39, 0.29) is 24.8 Å². The summed E-state index contributed by atoms with van der Waals surface area (Å²) in [4.78, 5) is 24.9. The van der Waals surface area contributed by atoms with Crippen LogP contribution in [0.15, 0.2) is 24.3 Å². The van der Waals surface area contributed by atoms with Gasteiger partial charge in [0.1, 0.15) is 0 Å². The fourth-order valence-electron chi connectivity index (χ4n) is 3.01. The molecule has 0 fully saturated rings. The maximum Gasteiger partial charge on any atom is 0.359 e. The van der Waals surface area contributed by atoms with E-state index in [2.05, 4.69) is 5.10 Å². The zero-order chi connectivity index (χ0) is 18.8. The Kier molecular flexibility index (Phi) is 5.53. The van der Waals surface area contributed by atoms with E-state index in [0.717, 1.165) is 16.9 Å². The van der Waals surface area contributed by atoms with Crippen LogP contribution in [0.5, 0.6) is 0 Å². The molecule has 8 heteroatoms. The summed E-state index contributed by atoms with van der Waals surface area (Å²) in [6, 6.07) is 7.86. The van der Waals surface area contributed by atoms with Gasteiger partial charge in [-0.3, -0.25) is 4.79 Å². The summed E-state index contributed by atoms with van der Waals surface area (Å²) in [5.41, 5.74) is 3.78. The number of carbonyl (C=O) groups excluding carboxylic acids is 2. The van der Waals surface area contributed by atoms with Crippen LogP contribution in [0.4, 0.5) is 0 Å². The quantitative estimate of drug-likeness (QED) is 0.589. The zero-order valence-electron chi connectivity index (χ0n) is 14.5. The van der Waals surface area contributed by atoms with Crippen molar-refractivity contribution in [2.24, 2.45) is 0 Å². The first kappa shape index (κ1) is 18.7. The molecular weight excluding hydrogens is 377 g/mol. The van der Waals surface area contributed by atoms with Crippen LogP contribution in [0.25, 0.3) is 5.69 Å². The van der Waals surface area contributed by atoms with E-state index in [1.807, 2.05) is 31.2 Å². The molecule has 1 aromatic carbocycles. The summed E-state index contributed by atoms with van der Waals surface area (Å²) in [6.45, 7) is 4.68. The van der Waals surface area contributed by atoms with Gasteiger partial charge in [-0.25, -0.2) is 9.48 Å². The molecule has 0 radical (unpaired) electrons. The van der Waals surface area contributed by atoms with E-state index >= 15 is 0 Å². The normalized spacial score (nSPS) is 13.7. The van der Waals surface area contributed by atoms with Crippen LogP contribution in [0.1, 0.15) is 34.2 Å². The van der Waals surface area contributed by atoms with Crippen molar-refractivity contribution < 1.29 is 14.3 Å². The van der Waals surface area contributed by atoms with Gasteiger partial charge in [-0.15, -0.1) is 0 Å². The highest BCUT2D eigenvalue weighted by atomic mass is 35.5. The third kappa shape index (κ3) is 3.57. The maximum absolute atomic E-state index is 12.4. The number of rotatable bonds is 4. The lowest BCUT2D eigenvalue weighted by molar-refractivity contribution is -0.130. The van der Waals surface area contributed by atoms with E-state index in [4.69, 9.17) is 27.9 Å². The summed E-state index contributed by atoms with van der Waals surface area (Å²) < 4.78 is 6.89. The molecule has 0 N–H and O–H groups in total. The van der Waals surface area contributed by atoms with E-state index in [9.17, 15) is 9.59 Å². The number of carbonyl (C=O) groups is 2. The largest absolute Gasteiger partial charge is 0.461 e. The predicted octanol–water partition coefficient (Wildman–Crippen LogP) is 3.05. The average molecular weight is 396 g/mol. The molecule has 1 aliphatic heterocycles. The minimum atomic E-state index is -1.13. The van der Waals surface area contributed by atoms with Gasteiger partial charge >= 0.3 is 5.97 Å². The molecule has 3 rings (SSSR count). The number of hydrogen-bond donors (Lipinski definition) is 0. The minimum absolute atomic E-state index is 0.223. The molecule has 0 saturated carbocycles. The van der Waals surface area contributed by atoms with E-state index in [1.165, 1.54) is 4.90 Å². The Morgan fingerprint density at radius 1 is 1.27 bits per heavy atom. The van der Waals surface area contributed by atoms with Crippen molar-refractivity contribution in [3.63, 3.8) is 0 Å². The number of benzene rings is 1. The first-order valence-corrected chi connectivity index (χ1v) is 9.21. The summed E-state index contributed by atoms with van der Waals surface area (Å²) in [6.07, 6.45) is 0.544. The molecule has 1 aromatic heterocycles. The molecule has 6 nitrogen and oxygen atoms in total. The maximum atomic E-state index is 12.4. The summed E-state index contributed by atoms with van der Waals surface area (Å²) >= 11 is 11.4. The third-order valence-corrected chi connectivity index (χ3v) is 4.68. The number of amides is 1. The Labute approximate surface area is 161 Å². The predicted molar refractivity (Wildman–Crippen MR) is 98.9 cm³/mol. The molecule has 0 unspecified atom stereocenters. The highest BCUT2D eigenvalue weighted by Crippen LogP contribution is 2.27. The first-order chi connectivity index (χ1) is 12.4. The molecule has 0 saturated heterocycles. The van der Waals surface area contributed by atoms with E-state index in [0.29, 0.717) is 18.5 Å². The van der Waals surface area contributed by atoms with Gasteiger partial charge in [0.25, 0.3) is 5.91 Å². The van der Waals surface area contributed by atoms with Crippen LogP contribution >= 0.6 is 23.2 Å². The number of ether oxygens (including phenoxy) is 1. The van der Waals surface area contributed by atoms with Gasteiger partial charge in [-0.1, -0.05) is 40.9 Å². The van der Waals surface area contributed by atoms with Crippen molar-refractivity contribution in [1.29, 1.82) is 0 Å².